The lowest BCUT2D eigenvalue weighted by Crippen LogP contribution is -2.48. The van der Waals surface area contributed by atoms with Gasteiger partial charge in [-0.3, -0.25) is 0 Å². The van der Waals surface area contributed by atoms with Crippen molar-refractivity contribution in [2.24, 2.45) is 17.8 Å². The van der Waals surface area contributed by atoms with Crippen molar-refractivity contribution in [1.82, 2.24) is 0 Å². The van der Waals surface area contributed by atoms with Crippen LogP contribution in [0.5, 0.6) is 11.5 Å². The predicted molar refractivity (Wildman–Crippen MR) is 132 cm³/mol. The quantitative estimate of drug-likeness (QED) is 0.373. The molecular weight excluding hydrogens is 428 g/mol. The lowest BCUT2D eigenvalue weighted by molar-refractivity contribution is -0.131. The zero-order valence-corrected chi connectivity index (χ0v) is 20.3. The van der Waals surface area contributed by atoms with E-state index in [1.165, 1.54) is 50.2 Å². The molecule has 6 rings (SSSR count). The molecule has 5 nitrogen and oxygen atoms in total. The Hall–Kier alpha value is -2.79. The van der Waals surface area contributed by atoms with E-state index in [-0.39, 0.29) is 12.2 Å². The Morgan fingerprint density at radius 2 is 1.76 bits per heavy atom. The van der Waals surface area contributed by atoms with Crippen LogP contribution in [0, 0.1) is 24.7 Å². The first-order valence-corrected chi connectivity index (χ1v) is 12.3. The Bertz CT molecular complexity index is 1080. The van der Waals surface area contributed by atoms with Crippen LogP contribution in [-0.2, 0) is 14.9 Å². The zero-order chi connectivity index (χ0) is 23.9. The van der Waals surface area contributed by atoms with Crippen molar-refractivity contribution >= 4 is 12.0 Å². The Morgan fingerprint density at radius 1 is 1.09 bits per heavy atom. The minimum absolute atomic E-state index is 0.0758. The van der Waals surface area contributed by atoms with Crippen LogP contribution in [0.1, 0.15) is 55.2 Å². The molecule has 4 saturated carbocycles. The van der Waals surface area contributed by atoms with Crippen molar-refractivity contribution in [3.63, 3.8) is 0 Å². The molecule has 0 heterocycles. The van der Waals surface area contributed by atoms with Crippen LogP contribution in [-0.4, -0.2) is 32.1 Å². The van der Waals surface area contributed by atoms with Crippen molar-refractivity contribution in [2.45, 2.75) is 50.9 Å². The van der Waals surface area contributed by atoms with E-state index in [1.807, 2.05) is 18.2 Å². The van der Waals surface area contributed by atoms with Crippen molar-refractivity contribution < 1.29 is 24.1 Å². The summed E-state index contributed by atoms with van der Waals surface area (Å²) in [7, 11) is 3.41. The molecule has 180 valence electrons. The Balaban J connectivity index is 1.69. The topological polar surface area (TPSA) is 65.0 Å². The van der Waals surface area contributed by atoms with E-state index in [2.05, 4.69) is 19.1 Å². The highest BCUT2D eigenvalue weighted by molar-refractivity contribution is 5.86. The van der Waals surface area contributed by atoms with Crippen LogP contribution < -0.4 is 9.47 Å². The van der Waals surface area contributed by atoms with Crippen LogP contribution >= 0.6 is 0 Å². The normalized spacial score (nSPS) is 27.3. The Kier molecular flexibility index (Phi) is 6.15. The van der Waals surface area contributed by atoms with Gasteiger partial charge in [0.1, 0.15) is 11.5 Å². The predicted octanol–water partition coefficient (Wildman–Crippen LogP) is 6.22. The van der Waals surface area contributed by atoms with Gasteiger partial charge in [-0.15, -0.1) is 0 Å². The number of aryl methyl sites for hydroxylation is 1. The lowest BCUT2D eigenvalue weighted by Gasteiger charge is -2.57. The second kappa shape index (κ2) is 9.10. The third kappa shape index (κ3) is 4.11. The molecule has 0 aliphatic heterocycles. The maximum absolute atomic E-state index is 11.0. The maximum Gasteiger partial charge on any atom is 0.328 e. The van der Waals surface area contributed by atoms with Gasteiger partial charge >= 0.3 is 5.97 Å². The molecule has 5 heteroatoms. The largest absolute Gasteiger partial charge is 0.496 e. The number of ether oxygens (including phenoxy) is 3. The second-order valence-corrected chi connectivity index (χ2v) is 10.5. The minimum Gasteiger partial charge on any atom is -0.496 e. The van der Waals surface area contributed by atoms with Crippen LogP contribution in [0.25, 0.3) is 17.2 Å². The summed E-state index contributed by atoms with van der Waals surface area (Å²) in [6, 6.07) is 10.1. The summed E-state index contributed by atoms with van der Waals surface area (Å²) >= 11 is 0. The molecule has 4 bridgehead atoms. The number of carboxylic acid groups (broad SMARTS) is 1. The number of benzene rings is 2. The lowest BCUT2D eigenvalue weighted by atomic mass is 9.47. The molecule has 0 unspecified atom stereocenters. The molecule has 2 aromatic carbocycles. The van der Waals surface area contributed by atoms with E-state index in [0.717, 1.165) is 51.5 Å². The first kappa shape index (κ1) is 23.0. The number of carbonyl (C=O) groups is 1. The summed E-state index contributed by atoms with van der Waals surface area (Å²) in [4.78, 5) is 11.0. The van der Waals surface area contributed by atoms with Crippen LogP contribution in [0.2, 0.25) is 0 Å². The van der Waals surface area contributed by atoms with E-state index in [9.17, 15) is 4.79 Å². The summed E-state index contributed by atoms with van der Waals surface area (Å²) in [5, 5.41) is 9.06. The van der Waals surface area contributed by atoms with Gasteiger partial charge in [0.05, 0.1) is 7.11 Å². The van der Waals surface area contributed by atoms with Crippen LogP contribution in [0.15, 0.2) is 36.4 Å². The van der Waals surface area contributed by atoms with Gasteiger partial charge in [-0.2, -0.15) is 0 Å². The molecule has 4 aliphatic carbocycles. The van der Waals surface area contributed by atoms with Crippen molar-refractivity contribution in [3.8, 4) is 22.6 Å². The third-order valence-electron chi connectivity index (χ3n) is 8.15. The first-order valence-electron chi connectivity index (χ1n) is 12.3. The number of rotatable bonds is 8. The fraction of sp³-hybridized carbons (Fsp3) is 0.483. The van der Waals surface area contributed by atoms with E-state index < -0.39 is 5.97 Å². The number of carboxylic acids is 1. The molecule has 1 N–H and O–H groups in total. The average molecular weight is 463 g/mol. The summed E-state index contributed by atoms with van der Waals surface area (Å²) < 4.78 is 17.8. The summed E-state index contributed by atoms with van der Waals surface area (Å²) in [5.41, 5.74) is 5.23. The Morgan fingerprint density at radius 3 is 2.35 bits per heavy atom. The molecular formula is C29H34O5. The summed E-state index contributed by atoms with van der Waals surface area (Å²) in [6.45, 7) is 2.25. The highest BCUT2D eigenvalue weighted by Crippen LogP contribution is 2.64. The monoisotopic (exact) mass is 462 g/mol. The number of hydrogen-bond donors (Lipinski definition) is 1. The molecule has 34 heavy (non-hydrogen) atoms. The number of hydrogen-bond acceptors (Lipinski definition) is 4. The SMILES string of the molecule is COCOc1c(-c2cccc(C=CC(=O)O)c2)c(C)cc(OC)c1C12CC3CC(CC(C3)C1)C2. The van der Waals surface area contributed by atoms with Gasteiger partial charge in [0.25, 0.3) is 0 Å². The maximum atomic E-state index is 11.0. The molecule has 0 saturated heterocycles. The molecule has 4 fully saturated rings. The van der Waals surface area contributed by atoms with Gasteiger partial charge in [0.15, 0.2) is 6.79 Å². The van der Waals surface area contributed by atoms with Gasteiger partial charge in [-0.25, -0.2) is 4.79 Å². The first-order chi connectivity index (χ1) is 16.4. The Labute approximate surface area is 201 Å². The number of methoxy groups -OCH3 is 2. The van der Waals surface area contributed by atoms with Crippen molar-refractivity contribution in [2.75, 3.05) is 21.0 Å². The molecule has 4 aliphatic rings. The fourth-order valence-electron chi connectivity index (χ4n) is 7.42. The average Bonchev–Trinajstić information content (AvgIpc) is 2.80. The highest BCUT2D eigenvalue weighted by atomic mass is 16.7. The van der Waals surface area contributed by atoms with Crippen molar-refractivity contribution in [1.29, 1.82) is 0 Å². The molecule has 0 atom stereocenters. The summed E-state index contributed by atoms with van der Waals surface area (Å²) in [6.07, 6.45) is 10.5. The molecule has 0 amide bonds. The molecule has 0 aromatic heterocycles. The van der Waals surface area contributed by atoms with E-state index >= 15 is 0 Å². The molecule has 0 radical (unpaired) electrons. The van der Waals surface area contributed by atoms with Crippen molar-refractivity contribution in [3.05, 3.63) is 53.1 Å². The van der Waals surface area contributed by atoms with Gasteiger partial charge < -0.3 is 19.3 Å². The van der Waals surface area contributed by atoms with E-state index in [4.69, 9.17) is 19.3 Å². The highest BCUT2D eigenvalue weighted by Gasteiger charge is 2.54. The van der Waals surface area contributed by atoms with Gasteiger partial charge in [0, 0.05) is 29.7 Å². The molecule has 2 aromatic rings. The fourth-order valence-corrected chi connectivity index (χ4v) is 7.42. The minimum atomic E-state index is -0.959. The van der Waals surface area contributed by atoms with E-state index in [0.29, 0.717) is 0 Å². The van der Waals surface area contributed by atoms with E-state index in [1.54, 1.807) is 20.3 Å². The third-order valence-corrected chi connectivity index (χ3v) is 8.15. The zero-order valence-electron chi connectivity index (χ0n) is 20.3. The molecule has 0 spiro atoms. The summed E-state index contributed by atoms with van der Waals surface area (Å²) in [5.74, 6) is 3.19. The van der Waals surface area contributed by atoms with Crippen LogP contribution in [0.3, 0.4) is 0 Å². The standard InChI is InChI=1S/C29H34O5/c1-18-9-24(33-3)27(29-14-20-10-21(15-29)12-22(11-20)16-29)28(34-17-32-2)26(18)23-6-4-5-19(13-23)7-8-25(30)31/h4-9,13,20-22H,10-12,14-17H2,1-3H3,(H,30,31). The van der Waals surface area contributed by atoms with Gasteiger partial charge in [0.2, 0.25) is 0 Å². The number of aliphatic carboxylic acids is 1. The van der Waals surface area contributed by atoms with Crippen LogP contribution in [0.4, 0.5) is 0 Å². The van der Waals surface area contributed by atoms with Gasteiger partial charge in [-0.05, 0) is 98.1 Å². The smallest absolute Gasteiger partial charge is 0.328 e. The van der Waals surface area contributed by atoms with Gasteiger partial charge in [-0.1, -0.05) is 18.2 Å². The second-order valence-electron chi connectivity index (χ2n) is 10.5.